The molecule has 1 aliphatic carbocycles. The number of benzene rings is 3. The molecule has 1 fully saturated rings. The second kappa shape index (κ2) is 10.2. The quantitative estimate of drug-likeness (QED) is 0.439. The number of nitrogens with one attached hydrogen (secondary N) is 2. The summed E-state index contributed by atoms with van der Waals surface area (Å²) in [4.78, 5) is 0.994. The summed E-state index contributed by atoms with van der Waals surface area (Å²) < 4.78 is 0. The van der Waals surface area contributed by atoms with Crippen LogP contribution in [0.15, 0.2) is 72.8 Å². The fourth-order valence-electron chi connectivity index (χ4n) is 4.73. The Morgan fingerprint density at radius 3 is 2.43 bits per heavy atom. The summed E-state index contributed by atoms with van der Waals surface area (Å²) >= 11 is 5.83. The molecule has 3 aromatic carbocycles. The maximum atomic E-state index is 5.83. The predicted molar refractivity (Wildman–Crippen MR) is 132 cm³/mol. The van der Waals surface area contributed by atoms with Crippen LogP contribution in [0.4, 0.5) is 0 Å². The third-order valence-corrected chi connectivity index (χ3v) is 6.65. The van der Waals surface area contributed by atoms with E-state index in [1.807, 2.05) is 0 Å². The summed E-state index contributed by atoms with van der Waals surface area (Å²) in [5.74, 6) is 0.399. The van der Waals surface area contributed by atoms with E-state index in [0.717, 1.165) is 18.0 Å². The van der Waals surface area contributed by atoms with Crippen LogP contribution in [0.5, 0.6) is 0 Å². The summed E-state index contributed by atoms with van der Waals surface area (Å²) in [5, 5.41) is 10.2. The Hall–Kier alpha value is -2.23. The molecule has 0 aromatic heterocycles. The van der Waals surface area contributed by atoms with E-state index in [2.05, 4.69) is 90.4 Å². The topological polar surface area (TPSA) is 24.1 Å². The van der Waals surface area contributed by atoms with Gasteiger partial charge in [-0.1, -0.05) is 105 Å². The van der Waals surface area contributed by atoms with Gasteiger partial charge in [-0.2, -0.15) is 0 Å². The van der Waals surface area contributed by atoms with Crippen molar-refractivity contribution in [3.8, 4) is 0 Å². The zero-order valence-electron chi connectivity index (χ0n) is 17.8. The van der Waals surface area contributed by atoms with Crippen LogP contribution < -0.4 is 10.6 Å². The predicted octanol–water partition coefficient (Wildman–Crippen LogP) is 6.35. The van der Waals surface area contributed by atoms with Gasteiger partial charge in [-0.3, -0.25) is 0 Å². The SMILES string of the molecule is C[C@@H](CC(=S)N[C@@H]1CCCC[C@H]1NCc1ccccc1)c1cccc2ccccc12. The number of hydrogen-bond donors (Lipinski definition) is 2. The highest BCUT2D eigenvalue weighted by atomic mass is 32.1. The number of hydrogen-bond acceptors (Lipinski definition) is 2. The molecule has 4 rings (SSSR count). The van der Waals surface area contributed by atoms with Gasteiger partial charge in [0.1, 0.15) is 0 Å². The van der Waals surface area contributed by atoms with Crippen molar-refractivity contribution in [1.29, 1.82) is 0 Å². The molecule has 1 saturated carbocycles. The molecule has 2 nitrogen and oxygen atoms in total. The molecule has 0 amide bonds. The van der Waals surface area contributed by atoms with Crippen molar-refractivity contribution >= 4 is 28.0 Å². The number of rotatable bonds is 7. The fourth-order valence-corrected chi connectivity index (χ4v) is 5.13. The van der Waals surface area contributed by atoms with Crippen LogP contribution in [-0.2, 0) is 6.54 Å². The summed E-state index contributed by atoms with van der Waals surface area (Å²) in [6, 6.07) is 26.8. The highest BCUT2D eigenvalue weighted by Crippen LogP contribution is 2.28. The lowest BCUT2D eigenvalue weighted by Crippen LogP contribution is -2.51. The molecule has 2 N–H and O–H groups in total. The molecule has 0 spiro atoms. The van der Waals surface area contributed by atoms with E-state index in [1.54, 1.807) is 0 Å². The van der Waals surface area contributed by atoms with E-state index in [-0.39, 0.29) is 0 Å². The average molecular weight is 417 g/mol. The first-order valence-corrected chi connectivity index (χ1v) is 11.7. The Morgan fingerprint density at radius 1 is 0.900 bits per heavy atom. The molecule has 0 heterocycles. The van der Waals surface area contributed by atoms with E-state index in [9.17, 15) is 0 Å². The molecule has 0 bridgehead atoms. The molecule has 3 atom stereocenters. The van der Waals surface area contributed by atoms with Crippen LogP contribution in [0.3, 0.4) is 0 Å². The molecule has 156 valence electrons. The summed E-state index contributed by atoms with van der Waals surface area (Å²) in [6.45, 7) is 3.21. The van der Waals surface area contributed by atoms with E-state index in [4.69, 9.17) is 12.2 Å². The highest BCUT2D eigenvalue weighted by Gasteiger charge is 2.25. The van der Waals surface area contributed by atoms with Gasteiger partial charge >= 0.3 is 0 Å². The Kier molecular flexibility index (Phi) is 7.14. The molecular formula is C27H32N2S. The first-order chi connectivity index (χ1) is 14.7. The summed E-state index contributed by atoms with van der Waals surface area (Å²) in [7, 11) is 0. The monoisotopic (exact) mass is 416 g/mol. The maximum absolute atomic E-state index is 5.83. The van der Waals surface area contributed by atoms with Crippen LogP contribution in [0, 0.1) is 0 Å². The molecule has 3 heteroatoms. The lowest BCUT2D eigenvalue weighted by Gasteiger charge is -2.34. The molecule has 3 aromatic rings. The van der Waals surface area contributed by atoms with Crippen LogP contribution >= 0.6 is 12.2 Å². The van der Waals surface area contributed by atoms with Crippen molar-refractivity contribution in [3.05, 3.63) is 83.9 Å². The molecular weight excluding hydrogens is 384 g/mol. The smallest absolute Gasteiger partial charge is 0.0762 e. The van der Waals surface area contributed by atoms with Gasteiger partial charge in [-0.25, -0.2) is 0 Å². The third-order valence-electron chi connectivity index (χ3n) is 6.37. The molecule has 0 aliphatic heterocycles. The zero-order valence-corrected chi connectivity index (χ0v) is 18.6. The standard InChI is InChI=1S/C27H32N2S/c1-20(23-15-9-13-22-12-5-6-14-24(22)23)18-27(30)29-26-17-8-7-16-25(26)28-19-21-10-3-2-4-11-21/h2-6,9-15,20,25-26,28H,7-8,16-19H2,1H3,(H,29,30)/t20-,25+,26+/m0/s1. The minimum Gasteiger partial charge on any atom is -0.375 e. The van der Waals surface area contributed by atoms with Gasteiger partial charge in [-0.05, 0) is 40.7 Å². The second-order valence-electron chi connectivity index (χ2n) is 8.61. The molecule has 0 saturated heterocycles. The highest BCUT2D eigenvalue weighted by molar-refractivity contribution is 7.80. The fraction of sp³-hybridized carbons (Fsp3) is 0.370. The van der Waals surface area contributed by atoms with Crippen LogP contribution in [0.1, 0.15) is 56.1 Å². The van der Waals surface area contributed by atoms with E-state index in [1.165, 1.54) is 47.6 Å². The Morgan fingerprint density at radius 2 is 1.60 bits per heavy atom. The summed E-state index contributed by atoms with van der Waals surface area (Å²) in [5.41, 5.74) is 2.73. The van der Waals surface area contributed by atoms with Crippen molar-refractivity contribution < 1.29 is 0 Å². The number of fused-ring (bicyclic) bond motifs is 1. The van der Waals surface area contributed by atoms with Crippen molar-refractivity contribution in [1.82, 2.24) is 10.6 Å². The van der Waals surface area contributed by atoms with E-state index in [0.29, 0.717) is 18.0 Å². The van der Waals surface area contributed by atoms with Crippen molar-refractivity contribution in [2.45, 2.75) is 63.6 Å². The first-order valence-electron chi connectivity index (χ1n) is 11.2. The Bertz CT molecular complexity index is 964. The van der Waals surface area contributed by atoms with Gasteiger partial charge in [0.05, 0.1) is 4.99 Å². The largest absolute Gasteiger partial charge is 0.375 e. The van der Waals surface area contributed by atoms with Gasteiger partial charge in [0.15, 0.2) is 0 Å². The average Bonchev–Trinajstić information content (AvgIpc) is 2.78. The molecule has 0 radical (unpaired) electrons. The number of thiocarbonyl (C=S) groups is 1. The molecule has 0 unspecified atom stereocenters. The van der Waals surface area contributed by atoms with E-state index < -0.39 is 0 Å². The van der Waals surface area contributed by atoms with Gasteiger partial charge in [-0.15, -0.1) is 0 Å². The van der Waals surface area contributed by atoms with Gasteiger partial charge in [0.2, 0.25) is 0 Å². The zero-order chi connectivity index (χ0) is 20.8. The maximum Gasteiger partial charge on any atom is 0.0762 e. The lowest BCUT2D eigenvalue weighted by molar-refractivity contribution is 0.307. The van der Waals surface area contributed by atoms with Crippen molar-refractivity contribution in [3.63, 3.8) is 0 Å². The normalized spacial score (nSPS) is 20.0. The minimum atomic E-state index is 0.399. The van der Waals surface area contributed by atoms with Crippen LogP contribution in [0.2, 0.25) is 0 Å². The Balaban J connectivity index is 1.36. The van der Waals surface area contributed by atoms with Crippen molar-refractivity contribution in [2.24, 2.45) is 0 Å². The van der Waals surface area contributed by atoms with Crippen LogP contribution in [0.25, 0.3) is 10.8 Å². The second-order valence-corrected chi connectivity index (χ2v) is 9.10. The Labute approximate surface area is 186 Å². The van der Waals surface area contributed by atoms with Gasteiger partial charge < -0.3 is 10.6 Å². The first kappa shape index (κ1) is 21.0. The van der Waals surface area contributed by atoms with E-state index >= 15 is 0 Å². The minimum absolute atomic E-state index is 0.399. The van der Waals surface area contributed by atoms with Crippen LogP contribution in [-0.4, -0.2) is 17.1 Å². The third kappa shape index (κ3) is 5.27. The lowest BCUT2D eigenvalue weighted by atomic mass is 9.89. The van der Waals surface area contributed by atoms with Gasteiger partial charge in [0.25, 0.3) is 0 Å². The molecule has 30 heavy (non-hydrogen) atoms. The molecule has 1 aliphatic rings. The van der Waals surface area contributed by atoms with Gasteiger partial charge in [0, 0.05) is 25.0 Å². The van der Waals surface area contributed by atoms with Crippen molar-refractivity contribution in [2.75, 3.05) is 0 Å². The summed E-state index contributed by atoms with van der Waals surface area (Å²) in [6.07, 6.45) is 5.87.